The normalized spacial score (nSPS) is 10.4. The molecule has 5 nitrogen and oxygen atoms in total. The fraction of sp³-hybridized carbons (Fsp3) is 0.150. The van der Waals surface area contributed by atoms with E-state index < -0.39 is 0 Å². The predicted molar refractivity (Wildman–Crippen MR) is 99.8 cm³/mol. The number of carbonyl (C=O) groups is 1. The summed E-state index contributed by atoms with van der Waals surface area (Å²) >= 11 is 0. The van der Waals surface area contributed by atoms with Crippen LogP contribution in [0.25, 0.3) is 0 Å². The van der Waals surface area contributed by atoms with E-state index in [-0.39, 0.29) is 11.7 Å². The van der Waals surface area contributed by atoms with Gasteiger partial charge in [-0.2, -0.15) is 0 Å². The number of rotatable bonds is 6. The molecule has 0 fully saturated rings. The molecule has 6 heteroatoms. The maximum Gasteiger partial charge on any atom is 0.274 e. The third-order valence-electron chi connectivity index (χ3n) is 4.00. The summed E-state index contributed by atoms with van der Waals surface area (Å²) in [5.74, 6) is -0.681. The van der Waals surface area contributed by atoms with Gasteiger partial charge in [0.25, 0.3) is 5.91 Å². The average molecular weight is 350 g/mol. The molecule has 1 N–H and O–H groups in total. The molecule has 0 aliphatic heterocycles. The van der Waals surface area contributed by atoms with E-state index in [0.29, 0.717) is 11.4 Å². The van der Waals surface area contributed by atoms with Gasteiger partial charge in [-0.05, 0) is 60.5 Å². The quantitative estimate of drug-likeness (QED) is 0.739. The predicted octanol–water partition coefficient (Wildman–Crippen LogP) is 3.55. The second kappa shape index (κ2) is 8.20. The van der Waals surface area contributed by atoms with Crippen LogP contribution in [-0.2, 0) is 6.42 Å². The van der Waals surface area contributed by atoms with E-state index in [1.807, 2.05) is 25.2 Å². The van der Waals surface area contributed by atoms with Crippen LogP contribution in [-0.4, -0.2) is 29.5 Å². The molecule has 1 amide bonds. The number of nitrogens with zero attached hydrogens (tertiary/aromatic N) is 3. The zero-order valence-corrected chi connectivity index (χ0v) is 14.4. The second-order valence-corrected chi connectivity index (χ2v) is 5.89. The van der Waals surface area contributed by atoms with Gasteiger partial charge in [-0.3, -0.25) is 14.8 Å². The van der Waals surface area contributed by atoms with E-state index in [4.69, 9.17) is 0 Å². The molecule has 0 saturated heterocycles. The van der Waals surface area contributed by atoms with Crippen LogP contribution in [0.4, 0.5) is 15.8 Å². The molecule has 0 spiro atoms. The molecule has 0 aliphatic carbocycles. The van der Waals surface area contributed by atoms with Crippen molar-refractivity contribution in [1.29, 1.82) is 0 Å². The molecule has 3 rings (SSSR count). The van der Waals surface area contributed by atoms with E-state index in [9.17, 15) is 9.18 Å². The number of hydrogen-bond acceptors (Lipinski definition) is 4. The average Bonchev–Trinajstić information content (AvgIpc) is 2.69. The van der Waals surface area contributed by atoms with Gasteiger partial charge in [0, 0.05) is 43.6 Å². The Morgan fingerprint density at radius 1 is 1.08 bits per heavy atom. The van der Waals surface area contributed by atoms with Gasteiger partial charge in [0.15, 0.2) is 0 Å². The van der Waals surface area contributed by atoms with Crippen molar-refractivity contribution in [1.82, 2.24) is 9.97 Å². The Morgan fingerprint density at radius 3 is 2.54 bits per heavy atom. The molecule has 0 radical (unpaired) electrons. The number of aromatic nitrogens is 2. The molecule has 2 aromatic heterocycles. The van der Waals surface area contributed by atoms with E-state index in [1.54, 1.807) is 24.7 Å². The molecule has 3 aromatic rings. The molecule has 0 saturated carbocycles. The van der Waals surface area contributed by atoms with Crippen molar-refractivity contribution in [2.45, 2.75) is 6.42 Å². The summed E-state index contributed by atoms with van der Waals surface area (Å²) < 4.78 is 13.0. The number of likely N-dealkylation sites (N-methyl/N-ethyl adjacent to an activating group) is 1. The lowest BCUT2D eigenvalue weighted by Crippen LogP contribution is -2.21. The minimum Gasteiger partial charge on any atom is -0.374 e. The minimum atomic E-state index is -0.348. The van der Waals surface area contributed by atoms with Crippen LogP contribution in [0.3, 0.4) is 0 Å². The van der Waals surface area contributed by atoms with Gasteiger partial charge in [0.05, 0.1) is 0 Å². The molecule has 2 heterocycles. The summed E-state index contributed by atoms with van der Waals surface area (Å²) in [5, 5.41) is 2.72. The van der Waals surface area contributed by atoms with Crippen LogP contribution in [0.1, 0.15) is 16.1 Å². The Bertz CT molecular complexity index is 868. The second-order valence-electron chi connectivity index (χ2n) is 5.89. The molecule has 26 heavy (non-hydrogen) atoms. The summed E-state index contributed by atoms with van der Waals surface area (Å²) in [6.07, 6.45) is 6.04. The minimum absolute atomic E-state index is 0.308. The number of carbonyl (C=O) groups excluding carboxylic acids is 1. The van der Waals surface area contributed by atoms with Gasteiger partial charge < -0.3 is 10.2 Å². The maximum atomic E-state index is 13.0. The standard InChI is InChI=1S/C20H19FN4O/c1-25(13-9-15-6-10-22-11-7-15)18-8-12-23-19(14-18)20(26)24-17-4-2-16(21)3-5-17/h2-8,10-12,14H,9,13H2,1H3,(H,24,26). The van der Waals surface area contributed by atoms with Crippen molar-refractivity contribution < 1.29 is 9.18 Å². The Labute approximate surface area is 151 Å². The van der Waals surface area contributed by atoms with Crippen LogP contribution < -0.4 is 10.2 Å². The highest BCUT2D eigenvalue weighted by molar-refractivity contribution is 6.03. The van der Waals surface area contributed by atoms with Gasteiger partial charge in [-0.15, -0.1) is 0 Å². The van der Waals surface area contributed by atoms with Crippen LogP contribution in [0.5, 0.6) is 0 Å². The monoisotopic (exact) mass is 350 g/mol. The summed E-state index contributed by atoms with van der Waals surface area (Å²) in [6.45, 7) is 0.799. The van der Waals surface area contributed by atoms with Crippen molar-refractivity contribution in [2.24, 2.45) is 0 Å². The lowest BCUT2D eigenvalue weighted by Gasteiger charge is -2.19. The largest absolute Gasteiger partial charge is 0.374 e. The number of amides is 1. The number of hydrogen-bond donors (Lipinski definition) is 1. The molecule has 0 bridgehead atoms. The van der Waals surface area contributed by atoms with Crippen LogP contribution in [0.2, 0.25) is 0 Å². The first-order chi connectivity index (χ1) is 12.6. The van der Waals surface area contributed by atoms with Gasteiger partial charge >= 0.3 is 0 Å². The number of anilines is 2. The van der Waals surface area contributed by atoms with E-state index in [2.05, 4.69) is 20.2 Å². The number of benzene rings is 1. The maximum absolute atomic E-state index is 13.0. The van der Waals surface area contributed by atoms with E-state index in [0.717, 1.165) is 18.7 Å². The first kappa shape index (κ1) is 17.5. The van der Waals surface area contributed by atoms with E-state index in [1.165, 1.54) is 29.8 Å². The first-order valence-electron chi connectivity index (χ1n) is 8.25. The Morgan fingerprint density at radius 2 is 1.81 bits per heavy atom. The van der Waals surface area contributed by atoms with Gasteiger partial charge in [-0.1, -0.05) is 0 Å². The van der Waals surface area contributed by atoms with Gasteiger partial charge in [0.1, 0.15) is 11.5 Å². The topological polar surface area (TPSA) is 58.1 Å². The number of pyridine rings is 2. The zero-order valence-electron chi connectivity index (χ0n) is 14.4. The lowest BCUT2D eigenvalue weighted by molar-refractivity contribution is 0.102. The van der Waals surface area contributed by atoms with Crippen molar-refractivity contribution in [3.8, 4) is 0 Å². The van der Waals surface area contributed by atoms with E-state index >= 15 is 0 Å². The highest BCUT2D eigenvalue weighted by Gasteiger charge is 2.10. The summed E-state index contributed by atoms with van der Waals surface area (Å²) in [6, 6.07) is 13.2. The fourth-order valence-electron chi connectivity index (χ4n) is 2.48. The lowest BCUT2D eigenvalue weighted by atomic mass is 10.2. The van der Waals surface area contributed by atoms with Crippen molar-refractivity contribution >= 4 is 17.3 Å². The zero-order chi connectivity index (χ0) is 18.4. The fourth-order valence-corrected chi connectivity index (χ4v) is 2.48. The van der Waals surface area contributed by atoms with Gasteiger partial charge in [0.2, 0.25) is 0 Å². The van der Waals surface area contributed by atoms with Crippen molar-refractivity contribution in [2.75, 3.05) is 23.8 Å². The number of nitrogens with one attached hydrogen (secondary N) is 1. The number of halogens is 1. The summed E-state index contributed by atoms with van der Waals surface area (Å²) in [5.41, 5.74) is 2.94. The highest BCUT2D eigenvalue weighted by atomic mass is 19.1. The Kier molecular flexibility index (Phi) is 5.53. The summed E-state index contributed by atoms with van der Waals surface area (Å²) in [4.78, 5) is 22.6. The molecular formula is C20H19FN4O. The van der Waals surface area contributed by atoms with Gasteiger partial charge in [-0.25, -0.2) is 4.39 Å². The van der Waals surface area contributed by atoms with Crippen LogP contribution >= 0.6 is 0 Å². The molecule has 0 aliphatic rings. The smallest absolute Gasteiger partial charge is 0.274 e. The van der Waals surface area contributed by atoms with Crippen LogP contribution in [0.15, 0.2) is 67.1 Å². The molecular weight excluding hydrogens is 331 g/mol. The summed E-state index contributed by atoms with van der Waals surface area (Å²) in [7, 11) is 1.97. The molecule has 0 unspecified atom stereocenters. The SMILES string of the molecule is CN(CCc1ccncc1)c1ccnc(C(=O)Nc2ccc(F)cc2)c1. The Balaban J connectivity index is 1.65. The molecule has 132 valence electrons. The third-order valence-corrected chi connectivity index (χ3v) is 4.00. The molecule has 0 atom stereocenters. The highest BCUT2D eigenvalue weighted by Crippen LogP contribution is 2.15. The van der Waals surface area contributed by atoms with Crippen LogP contribution in [0, 0.1) is 5.82 Å². The van der Waals surface area contributed by atoms with Crippen molar-refractivity contribution in [3.05, 3.63) is 84.2 Å². The van der Waals surface area contributed by atoms with Crippen molar-refractivity contribution in [3.63, 3.8) is 0 Å². The first-order valence-corrected chi connectivity index (χ1v) is 8.25. The Hall–Kier alpha value is -3.28. The molecule has 1 aromatic carbocycles. The third kappa shape index (κ3) is 4.63.